The first-order valence-corrected chi connectivity index (χ1v) is 4.52. The molecule has 15 heavy (non-hydrogen) atoms. The quantitative estimate of drug-likeness (QED) is 0.652. The lowest BCUT2D eigenvalue weighted by Gasteiger charge is -2.07. The molecule has 1 fully saturated rings. The summed E-state index contributed by atoms with van der Waals surface area (Å²) in [6.45, 7) is 0. The van der Waals surface area contributed by atoms with Gasteiger partial charge in [0.25, 0.3) is 0 Å². The summed E-state index contributed by atoms with van der Waals surface area (Å²) in [6.07, 6.45) is 1.51. The summed E-state index contributed by atoms with van der Waals surface area (Å²) in [6, 6.07) is 2.03. The van der Waals surface area contributed by atoms with Crippen molar-refractivity contribution in [2.45, 2.75) is 18.5 Å². The van der Waals surface area contributed by atoms with Crippen LogP contribution in [0, 0.1) is 5.82 Å². The van der Waals surface area contributed by atoms with Crippen LogP contribution in [-0.2, 0) is 4.79 Å². The fourth-order valence-corrected chi connectivity index (χ4v) is 1.51. The van der Waals surface area contributed by atoms with Gasteiger partial charge in [0, 0.05) is 0 Å². The van der Waals surface area contributed by atoms with E-state index in [1.54, 1.807) is 6.07 Å². The summed E-state index contributed by atoms with van der Waals surface area (Å²) in [5.41, 5.74) is 6.08. The van der Waals surface area contributed by atoms with Crippen molar-refractivity contribution in [3.63, 3.8) is 0 Å². The lowest BCUT2D eigenvalue weighted by molar-refractivity contribution is -0.139. The van der Waals surface area contributed by atoms with Crippen LogP contribution in [-0.4, -0.2) is 22.1 Å². The Labute approximate surface area is 85.3 Å². The second kappa shape index (κ2) is 3.92. The topological polar surface area (TPSA) is 74.2 Å². The minimum Gasteiger partial charge on any atom is -0.480 e. The number of hydrogen-bond acceptors (Lipinski definition) is 4. The second-order valence-corrected chi connectivity index (χ2v) is 3.37. The molecule has 3 N–H and O–H groups in total. The van der Waals surface area contributed by atoms with E-state index in [9.17, 15) is 9.18 Å². The van der Waals surface area contributed by atoms with Gasteiger partial charge in [-0.2, -0.15) is 0 Å². The summed E-state index contributed by atoms with van der Waals surface area (Å²) >= 11 is 0. The van der Waals surface area contributed by atoms with Gasteiger partial charge in [-0.3, -0.25) is 9.78 Å². The van der Waals surface area contributed by atoms with Crippen molar-refractivity contribution in [1.82, 2.24) is 15.8 Å². The zero-order valence-corrected chi connectivity index (χ0v) is 7.77. The number of aromatic nitrogens is 1. The fourth-order valence-electron chi connectivity index (χ4n) is 1.51. The second-order valence-electron chi connectivity index (χ2n) is 3.37. The molecule has 0 spiro atoms. The van der Waals surface area contributed by atoms with E-state index in [1.807, 2.05) is 0 Å². The molecule has 6 heteroatoms. The molecule has 80 valence electrons. The molecule has 2 rings (SSSR count). The molecule has 0 radical (unpaired) electrons. The van der Waals surface area contributed by atoms with Crippen molar-refractivity contribution in [3.8, 4) is 0 Å². The normalized spacial score (nSPS) is 25.4. The van der Waals surface area contributed by atoms with Crippen LogP contribution in [0.3, 0.4) is 0 Å². The number of aliphatic carboxylic acids is 1. The Balaban J connectivity index is 2.07. The van der Waals surface area contributed by atoms with Gasteiger partial charge in [0.15, 0.2) is 0 Å². The Morgan fingerprint density at radius 2 is 2.33 bits per heavy atom. The standard InChI is InChI=1S/C9H10FN3O2/c10-5-1-2-6(11-4-5)7-3-8(9(14)15)13-12-7/h1-2,4,7-8,12-13H,3H2,(H,14,15). The van der Waals surface area contributed by atoms with E-state index < -0.39 is 17.8 Å². The first-order chi connectivity index (χ1) is 7.16. The fraction of sp³-hybridized carbons (Fsp3) is 0.333. The summed E-state index contributed by atoms with van der Waals surface area (Å²) in [5.74, 6) is -1.31. The van der Waals surface area contributed by atoms with Crippen LogP contribution in [0.2, 0.25) is 0 Å². The van der Waals surface area contributed by atoms with Gasteiger partial charge < -0.3 is 5.11 Å². The molecule has 0 amide bonds. The van der Waals surface area contributed by atoms with Crippen LogP contribution >= 0.6 is 0 Å². The van der Waals surface area contributed by atoms with Gasteiger partial charge in [0.1, 0.15) is 11.9 Å². The first kappa shape index (κ1) is 10.0. The zero-order valence-electron chi connectivity index (χ0n) is 7.77. The van der Waals surface area contributed by atoms with Crippen molar-refractivity contribution in [3.05, 3.63) is 29.8 Å². The molecule has 5 nitrogen and oxygen atoms in total. The summed E-state index contributed by atoms with van der Waals surface area (Å²) in [4.78, 5) is 14.5. The minimum absolute atomic E-state index is 0.188. The third-order valence-electron chi connectivity index (χ3n) is 2.31. The molecule has 1 aromatic heterocycles. The van der Waals surface area contributed by atoms with Gasteiger partial charge in [-0.15, -0.1) is 0 Å². The molecule has 2 atom stereocenters. The van der Waals surface area contributed by atoms with E-state index in [0.29, 0.717) is 12.1 Å². The molecule has 1 aliphatic heterocycles. The molecule has 0 aliphatic carbocycles. The van der Waals surface area contributed by atoms with Gasteiger partial charge >= 0.3 is 5.97 Å². The van der Waals surface area contributed by atoms with Gasteiger partial charge in [0.2, 0.25) is 0 Å². The predicted octanol–water partition coefficient (Wildman–Crippen LogP) is 0.213. The van der Waals surface area contributed by atoms with Gasteiger partial charge in [-0.25, -0.2) is 15.2 Å². The number of nitrogens with zero attached hydrogens (tertiary/aromatic N) is 1. The third-order valence-corrected chi connectivity index (χ3v) is 2.31. The summed E-state index contributed by atoms with van der Waals surface area (Å²) < 4.78 is 12.6. The van der Waals surface area contributed by atoms with Crippen LogP contribution in [0.15, 0.2) is 18.3 Å². The lowest BCUT2D eigenvalue weighted by Crippen LogP contribution is -2.36. The van der Waals surface area contributed by atoms with Crippen LogP contribution in [0.1, 0.15) is 18.2 Å². The number of pyridine rings is 1. The smallest absolute Gasteiger partial charge is 0.322 e. The van der Waals surface area contributed by atoms with Crippen LogP contribution < -0.4 is 10.9 Å². The highest BCUT2D eigenvalue weighted by Gasteiger charge is 2.30. The maximum atomic E-state index is 12.6. The Bertz CT molecular complexity index is 368. The van der Waals surface area contributed by atoms with Crippen LogP contribution in [0.5, 0.6) is 0 Å². The Morgan fingerprint density at radius 3 is 2.87 bits per heavy atom. The Hall–Kier alpha value is -1.53. The lowest BCUT2D eigenvalue weighted by atomic mass is 10.1. The number of rotatable bonds is 2. The average molecular weight is 211 g/mol. The maximum Gasteiger partial charge on any atom is 0.322 e. The first-order valence-electron chi connectivity index (χ1n) is 4.52. The monoisotopic (exact) mass is 211 g/mol. The molecule has 0 aromatic carbocycles. The average Bonchev–Trinajstić information content (AvgIpc) is 2.68. The van der Waals surface area contributed by atoms with E-state index in [0.717, 1.165) is 6.20 Å². The van der Waals surface area contributed by atoms with E-state index in [2.05, 4.69) is 15.8 Å². The molecular weight excluding hydrogens is 201 g/mol. The van der Waals surface area contributed by atoms with Crippen LogP contribution in [0.25, 0.3) is 0 Å². The molecule has 1 saturated heterocycles. The maximum absolute atomic E-state index is 12.6. The number of hydrazine groups is 1. The molecule has 0 bridgehead atoms. The van der Waals surface area contributed by atoms with Crippen molar-refractivity contribution in [2.24, 2.45) is 0 Å². The highest BCUT2D eigenvalue weighted by Crippen LogP contribution is 2.20. The summed E-state index contributed by atoms with van der Waals surface area (Å²) in [5, 5.41) is 8.74. The SMILES string of the molecule is O=C(O)C1CC(c2ccc(F)cn2)NN1. The van der Waals surface area contributed by atoms with Crippen LogP contribution in [0.4, 0.5) is 4.39 Å². The minimum atomic E-state index is -0.910. The Morgan fingerprint density at radius 1 is 1.53 bits per heavy atom. The zero-order chi connectivity index (χ0) is 10.8. The number of carbonyl (C=O) groups is 1. The van der Waals surface area contributed by atoms with Crippen molar-refractivity contribution >= 4 is 5.97 Å². The number of hydrogen-bond donors (Lipinski definition) is 3. The van der Waals surface area contributed by atoms with Gasteiger partial charge in [-0.1, -0.05) is 0 Å². The number of halogens is 1. The molecular formula is C9H10FN3O2. The van der Waals surface area contributed by atoms with E-state index in [1.165, 1.54) is 6.07 Å². The molecule has 0 saturated carbocycles. The number of nitrogens with one attached hydrogen (secondary N) is 2. The highest BCUT2D eigenvalue weighted by atomic mass is 19.1. The molecule has 1 aliphatic rings. The Kier molecular flexibility index (Phi) is 2.61. The third kappa shape index (κ3) is 2.11. The number of carboxylic acids is 1. The van der Waals surface area contributed by atoms with E-state index in [-0.39, 0.29) is 6.04 Å². The molecule has 2 heterocycles. The largest absolute Gasteiger partial charge is 0.480 e. The summed E-state index contributed by atoms with van der Waals surface area (Å²) in [7, 11) is 0. The van der Waals surface area contributed by atoms with Crippen molar-refractivity contribution in [2.75, 3.05) is 0 Å². The van der Waals surface area contributed by atoms with Gasteiger partial charge in [0.05, 0.1) is 17.9 Å². The predicted molar refractivity (Wildman–Crippen MR) is 49.2 cm³/mol. The van der Waals surface area contributed by atoms with E-state index in [4.69, 9.17) is 5.11 Å². The van der Waals surface area contributed by atoms with Crippen molar-refractivity contribution < 1.29 is 14.3 Å². The molecule has 1 aromatic rings. The van der Waals surface area contributed by atoms with E-state index >= 15 is 0 Å². The van der Waals surface area contributed by atoms with Crippen molar-refractivity contribution in [1.29, 1.82) is 0 Å². The molecule has 2 unspecified atom stereocenters. The number of carboxylic acid groups (broad SMARTS) is 1. The highest BCUT2D eigenvalue weighted by molar-refractivity contribution is 5.73. The van der Waals surface area contributed by atoms with Gasteiger partial charge in [-0.05, 0) is 18.6 Å².